The van der Waals surface area contributed by atoms with Crippen molar-refractivity contribution in [3.8, 4) is 45.0 Å². The summed E-state index contributed by atoms with van der Waals surface area (Å²) in [5.74, 6) is -9.29. The van der Waals surface area contributed by atoms with Crippen LogP contribution in [0.4, 0.5) is 76.8 Å². The second-order valence-electron chi connectivity index (χ2n) is 38.5. The van der Waals surface area contributed by atoms with E-state index in [9.17, 15) is 49.9 Å². The number of aryl methyl sites for hydroxylation is 12. The number of benzene rings is 8. The van der Waals surface area contributed by atoms with Gasteiger partial charge in [0.2, 0.25) is 23.5 Å². The number of fused-ring (bicyclic) bond motifs is 12. The molecule has 20 rings (SSSR count). The number of amides is 4. The van der Waals surface area contributed by atoms with Gasteiger partial charge >= 0.3 is 0 Å². The molecule has 0 radical (unpaired) electrons. The molecule has 139 heavy (non-hydrogen) atoms. The Balaban J connectivity index is 0.000000128. The van der Waals surface area contributed by atoms with Gasteiger partial charge in [0.05, 0.1) is 87.6 Å². The highest BCUT2D eigenvalue weighted by Crippen LogP contribution is 2.43. The highest BCUT2D eigenvalue weighted by molar-refractivity contribution is 14.1. The molecule has 0 aliphatic heterocycles. The van der Waals surface area contributed by atoms with Crippen LogP contribution in [0.3, 0.4) is 0 Å². The van der Waals surface area contributed by atoms with Crippen LogP contribution in [0.5, 0.6) is 0 Å². The Hall–Kier alpha value is -12.6. The predicted molar refractivity (Wildman–Crippen MR) is 540 cm³/mol. The van der Waals surface area contributed by atoms with E-state index in [0.717, 1.165) is 219 Å². The standard InChI is InChI=1S/C28H27F5N4O.C28H30F2N4O.C28H31IN4O.C27H30N4O/c29-22-18(23(30)25(32)26(33)24(22)31)13-21(38)37-28-20(10-6-14-4-2-1-3-5-14)35-27-17-9-8-16(34)12-15(17)7-11-19(27)36-28;29-22-11-6-18(14-23(22)30)15-26(35)34-28-25(12-7-17-4-2-1-3-5-17)32-27-21-10-9-20(31)16-19(21)8-13-24(27)33-28;29-21-10-6-19(7-11-21)16-26(34)33-28-25(14-8-18-4-2-1-3-5-18)31-27-23-13-12-22(30)17-20(23)9-15-24(27)32-28;28-21-13-14-22-20(17-21)12-16-23-25(22)29-24(15-11-18-7-3-1-4-8-18)26(30-23)31-27(32)19-9-5-2-6-10-19/h8-9,12,14H,1-7,10-11,13,34H2,(H,36,37,38);6,9-11,14,16-17H,1-5,7-8,12-13,15,31H2,(H,33,34,35);6-7,10-13,17-18H,1-5,8-9,14-16,30H2,(H,32,33,34);2,5-6,9-10,13-14,17-18H,1,3-4,7-8,11-12,15-16,28H2,(H,30,31,32). The lowest BCUT2D eigenvalue weighted by atomic mass is 9.85. The van der Waals surface area contributed by atoms with Gasteiger partial charge in [-0.3, -0.25) is 19.2 Å². The summed E-state index contributed by atoms with van der Waals surface area (Å²) >= 11 is 2.28. The van der Waals surface area contributed by atoms with E-state index >= 15 is 0 Å². The predicted octanol–water partition coefficient (Wildman–Crippen LogP) is 23.7. The molecule has 4 fully saturated rings. The number of hydrogen-bond donors (Lipinski definition) is 8. The van der Waals surface area contributed by atoms with Crippen molar-refractivity contribution in [2.24, 2.45) is 23.7 Å². The fourth-order valence-electron chi connectivity index (χ4n) is 21.0. The van der Waals surface area contributed by atoms with Gasteiger partial charge in [-0.05, 0) is 267 Å². The molecule has 0 saturated heterocycles. The summed E-state index contributed by atoms with van der Waals surface area (Å²) in [5, 5.41) is 11.6. The van der Waals surface area contributed by atoms with Crippen LogP contribution in [-0.4, -0.2) is 63.5 Å². The van der Waals surface area contributed by atoms with Gasteiger partial charge in [-0.1, -0.05) is 189 Å². The maximum Gasteiger partial charge on any atom is 0.256 e. The number of halogens is 8. The number of nitrogens with one attached hydrogen (secondary N) is 4. The molecule has 4 heterocycles. The molecule has 8 aliphatic carbocycles. The van der Waals surface area contributed by atoms with Crippen LogP contribution in [0.15, 0.2) is 146 Å². The van der Waals surface area contributed by atoms with E-state index in [0.29, 0.717) is 95.3 Å². The number of carbonyl (C=O) groups excluding carboxylic acids is 4. The highest BCUT2D eigenvalue weighted by atomic mass is 127. The third-order valence-electron chi connectivity index (χ3n) is 28.6. The third-order valence-corrected chi connectivity index (χ3v) is 29.3. The number of aromatic nitrogens is 8. The minimum absolute atomic E-state index is 0.0432. The topological polar surface area (TPSA) is 324 Å². The van der Waals surface area contributed by atoms with Crippen LogP contribution in [0.2, 0.25) is 0 Å². The summed E-state index contributed by atoms with van der Waals surface area (Å²) in [5.41, 5.74) is 46.6. The summed E-state index contributed by atoms with van der Waals surface area (Å²) in [6.45, 7) is 0. The zero-order valence-corrected chi connectivity index (χ0v) is 80.4. The molecule has 8 aliphatic rings. The molecular formula is C111H118F7IN16O4. The van der Waals surface area contributed by atoms with Gasteiger partial charge in [-0.25, -0.2) is 70.6 Å². The van der Waals surface area contributed by atoms with E-state index in [4.69, 9.17) is 57.8 Å². The first-order valence-corrected chi connectivity index (χ1v) is 50.6. The zero-order valence-electron chi connectivity index (χ0n) is 78.3. The quantitative estimate of drug-likeness (QED) is 0.00970. The van der Waals surface area contributed by atoms with Crippen molar-refractivity contribution in [1.82, 2.24) is 39.9 Å². The molecule has 722 valence electrons. The summed E-state index contributed by atoms with van der Waals surface area (Å²) in [6, 6.07) is 44.5. The maximum atomic E-state index is 14.2. The summed E-state index contributed by atoms with van der Waals surface area (Å²) in [4.78, 5) is 91.0. The van der Waals surface area contributed by atoms with E-state index in [-0.39, 0.29) is 30.0 Å². The Kier molecular flexibility index (Phi) is 32.1. The SMILES string of the molecule is Nc1ccc2c(c1)CCc1nc(NC(=O)Cc3c(F)c(F)c(F)c(F)c3F)c(CCC3CCCCC3)nc1-2.Nc1ccc2c(c1)CCc1nc(NC(=O)Cc3ccc(F)c(F)c3)c(CCC3CCCCC3)nc1-2.Nc1ccc2c(c1)CCc1nc(NC(=O)Cc3ccc(I)cc3)c(CCC3CCCCC3)nc1-2.Nc1ccc2c(c1)CCc1nc(NC(=O)c3ccccc3)c(CCC3CCCCC3)nc1-2. The number of rotatable bonds is 23. The van der Waals surface area contributed by atoms with Crippen LogP contribution in [0, 0.1) is 68.0 Å². The van der Waals surface area contributed by atoms with Gasteiger partial charge in [0.15, 0.2) is 58.2 Å². The van der Waals surface area contributed by atoms with Crippen molar-refractivity contribution in [2.75, 3.05) is 44.2 Å². The van der Waals surface area contributed by atoms with Gasteiger partial charge in [-0.2, -0.15) is 0 Å². The summed E-state index contributed by atoms with van der Waals surface area (Å²) in [7, 11) is 0. The first kappa shape index (κ1) is 98.0. The second-order valence-corrected chi connectivity index (χ2v) is 39.8. The fourth-order valence-corrected chi connectivity index (χ4v) is 21.4. The van der Waals surface area contributed by atoms with Gasteiger partial charge < -0.3 is 44.2 Å². The second kappa shape index (κ2) is 45.6. The van der Waals surface area contributed by atoms with Crippen LogP contribution in [0.1, 0.15) is 249 Å². The Morgan fingerprint density at radius 1 is 0.309 bits per heavy atom. The normalized spacial score (nSPS) is 15.4. The Morgan fingerprint density at radius 3 is 0.942 bits per heavy atom. The largest absolute Gasteiger partial charge is 0.399 e. The third kappa shape index (κ3) is 24.6. The lowest BCUT2D eigenvalue weighted by Crippen LogP contribution is -2.22. The molecule has 0 atom stereocenters. The lowest BCUT2D eigenvalue weighted by molar-refractivity contribution is -0.116. The summed E-state index contributed by atoms with van der Waals surface area (Å²) < 4.78 is 97.0. The minimum atomic E-state index is -2.27. The molecule has 12 aromatic rings. The molecule has 0 unspecified atom stereocenters. The molecule has 12 N–H and O–H groups in total. The number of anilines is 8. The van der Waals surface area contributed by atoms with E-state index in [2.05, 4.69) is 67.0 Å². The molecule has 4 amide bonds. The number of nitrogens with zero attached hydrogens (tertiary/aromatic N) is 8. The number of nitrogens with two attached hydrogens (primary N) is 4. The molecule has 0 bridgehead atoms. The molecule has 20 nitrogen and oxygen atoms in total. The number of hydrogen-bond acceptors (Lipinski definition) is 16. The average Bonchev–Trinajstić information content (AvgIpc) is 0.777. The van der Waals surface area contributed by atoms with Crippen molar-refractivity contribution < 1.29 is 49.9 Å². The van der Waals surface area contributed by atoms with Crippen LogP contribution in [-0.2, 0) is 111 Å². The van der Waals surface area contributed by atoms with Crippen LogP contribution >= 0.6 is 22.6 Å². The summed E-state index contributed by atoms with van der Waals surface area (Å²) in [6.07, 6.45) is 37.6. The van der Waals surface area contributed by atoms with Gasteiger partial charge in [0.1, 0.15) is 0 Å². The van der Waals surface area contributed by atoms with Crippen molar-refractivity contribution in [1.29, 1.82) is 0 Å². The Bertz CT molecular complexity index is 6490. The molecule has 0 spiro atoms. The van der Waals surface area contributed by atoms with Crippen molar-refractivity contribution in [3.05, 3.63) is 280 Å². The monoisotopic (exact) mass is 2000 g/mol. The van der Waals surface area contributed by atoms with Crippen molar-refractivity contribution >= 4 is 92.2 Å². The number of carbonyl (C=O) groups is 4. The smallest absolute Gasteiger partial charge is 0.256 e. The van der Waals surface area contributed by atoms with Gasteiger partial charge in [-0.15, -0.1) is 0 Å². The minimum Gasteiger partial charge on any atom is -0.399 e. The zero-order chi connectivity index (χ0) is 96.7. The van der Waals surface area contributed by atoms with Gasteiger partial charge in [0.25, 0.3) is 5.91 Å². The molecular weight excluding hydrogens is 1880 g/mol. The van der Waals surface area contributed by atoms with Crippen LogP contribution in [0.25, 0.3) is 45.0 Å². The van der Waals surface area contributed by atoms with E-state index < -0.39 is 58.6 Å². The van der Waals surface area contributed by atoms with E-state index in [1.807, 2.05) is 103 Å². The number of nitrogen functional groups attached to an aromatic ring is 4. The molecule has 8 aromatic carbocycles. The maximum absolute atomic E-state index is 14.2. The molecule has 4 aromatic heterocycles. The van der Waals surface area contributed by atoms with E-state index in [1.54, 1.807) is 6.07 Å². The lowest BCUT2D eigenvalue weighted by Gasteiger charge is -2.23. The van der Waals surface area contributed by atoms with Crippen LogP contribution < -0.4 is 44.2 Å². The first-order valence-electron chi connectivity index (χ1n) is 49.5. The van der Waals surface area contributed by atoms with E-state index in [1.165, 1.54) is 138 Å². The van der Waals surface area contributed by atoms with Gasteiger partial charge in [0, 0.05) is 59.7 Å². The fraction of sp³-hybridized carbons (Fsp3) is 0.387. The molecule has 4 saturated carbocycles. The van der Waals surface area contributed by atoms with Crippen molar-refractivity contribution in [2.45, 2.75) is 250 Å². The average molecular weight is 2000 g/mol. The first-order chi connectivity index (χ1) is 67.4. The molecule has 28 heteroatoms. The Labute approximate surface area is 820 Å². The van der Waals surface area contributed by atoms with Crippen molar-refractivity contribution in [3.63, 3.8) is 0 Å². The Morgan fingerprint density at radius 2 is 0.612 bits per heavy atom. The highest BCUT2D eigenvalue weighted by Gasteiger charge is 2.33.